The Kier molecular flexibility index (Phi) is 8.22. The minimum absolute atomic E-state index is 0.615. The highest BCUT2D eigenvalue weighted by Crippen LogP contribution is 2.24. The van der Waals surface area contributed by atoms with Crippen LogP contribution >= 0.6 is 0 Å². The number of hydrogen-bond acceptors (Lipinski definition) is 4. The Morgan fingerprint density at radius 3 is 2.29 bits per heavy atom. The third-order valence-corrected chi connectivity index (χ3v) is 5.45. The SMILES string of the molecule is CC.CNN1CCC(CCN2CCC(n3cc(C)cn3)CC2)CC1. The highest BCUT2D eigenvalue weighted by atomic mass is 15.5. The predicted molar refractivity (Wildman–Crippen MR) is 101 cm³/mol. The first-order chi connectivity index (χ1) is 11.7. The molecule has 5 heteroatoms. The van der Waals surface area contributed by atoms with E-state index in [0.717, 1.165) is 5.92 Å². The van der Waals surface area contributed by atoms with Gasteiger partial charge in [-0.05, 0) is 64.1 Å². The zero-order valence-electron chi connectivity index (χ0n) is 16.2. The third kappa shape index (κ3) is 5.57. The van der Waals surface area contributed by atoms with Gasteiger partial charge in [0, 0.05) is 32.4 Å². The second kappa shape index (κ2) is 10.2. The molecule has 0 bridgehead atoms. The summed E-state index contributed by atoms with van der Waals surface area (Å²) in [6, 6.07) is 0.615. The molecular formula is C19H37N5. The largest absolute Gasteiger partial charge is 0.303 e. The number of rotatable bonds is 5. The molecular weight excluding hydrogens is 298 g/mol. The van der Waals surface area contributed by atoms with Gasteiger partial charge in [0.15, 0.2) is 0 Å². The summed E-state index contributed by atoms with van der Waals surface area (Å²) in [6.45, 7) is 12.3. The fourth-order valence-electron chi connectivity index (χ4n) is 3.85. The molecule has 1 N–H and O–H groups in total. The van der Waals surface area contributed by atoms with E-state index in [1.165, 1.54) is 70.4 Å². The van der Waals surface area contributed by atoms with Crippen LogP contribution in [0.3, 0.4) is 0 Å². The Morgan fingerprint density at radius 2 is 1.75 bits per heavy atom. The number of aromatic nitrogens is 2. The van der Waals surface area contributed by atoms with Crippen molar-refractivity contribution < 1.29 is 0 Å². The number of hydrazine groups is 1. The molecule has 5 nitrogen and oxygen atoms in total. The molecule has 2 saturated heterocycles. The van der Waals surface area contributed by atoms with Crippen LogP contribution in [0.2, 0.25) is 0 Å². The zero-order chi connectivity index (χ0) is 17.4. The van der Waals surface area contributed by atoms with E-state index in [2.05, 4.69) is 38.2 Å². The Bertz CT molecular complexity index is 442. The molecule has 0 unspecified atom stereocenters. The van der Waals surface area contributed by atoms with Crippen LogP contribution < -0.4 is 5.43 Å². The van der Waals surface area contributed by atoms with Crippen LogP contribution in [0.4, 0.5) is 0 Å². The quantitative estimate of drug-likeness (QED) is 0.897. The van der Waals surface area contributed by atoms with E-state index in [1.807, 2.05) is 27.1 Å². The van der Waals surface area contributed by atoms with Crippen LogP contribution in [0.15, 0.2) is 12.4 Å². The second-order valence-corrected chi connectivity index (χ2v) is 7.01. The highest BCUT2D eigenvalue weighted by Gasteiger charge is 2.23. The van der Waals surface area contributed by atoms with E-state index >= 15 is 0 Å². The third-order valence-electron chi connectivity index (χ3n) is 5.45. The van der Waals surface area contributed by atoms with Crippen molar-refractivity contribution in [2.24, 2.45) is 5.92 Å². The summed E-state index contributed by atoms with van der Waals surface area (Å²) in [4.78, 5) is 2.66. The van der Waals surface area contributed by atoms with Crippen LogP contribution in [0.5, 0.6) is 0 Å². The molecule has 0 spiro atoms. The van der Waals surface area contributed by atoms with Gasteiger partial charge in [-0.3, -0.25) is 10.1 Å². The maximum absolute atomic E-state index is 4.49. The van der Waals surface area contributed by atoms with Crippen LogP contribution in [-0.2, 0) is 0 Å². The molecule has 0 aliphatic carbocycles. The smallest absolute Gasteiger partial charge is 0.0543 e. The normalized spacial score (nSPS) is 21.5. The molecule has 0 radical (unpaired) electrons. The van der Waals surface area contributed by atoms with Crippen molar-refractivity contribution in [3.05, 3.63) is 18.0 Å². The van der Waals surface area contributed by atoms with Crippen molar-refractivity contribution in [1.29, 1.82) is 0 Å². The first-order valence-electron chi connectivity index (χ1n) is 9.90. The van der Waals surface area contributed by atoms with Gasteiger partial charge in [0.25, 0.3) is 0 Å². The summed E-state index contributed by atoms with van der Waals surface area (Å²) in [5.41, 5.74) is 4.54. The Morgan fingerprint density at radius 1 is 1.08 bits per heavy atom. The van der Waals surface area contributed by atoms with Gasteiger partial charge in [-0.25, -0.2) is 5.01 Å². The zero-order valence-corrected chi connectivity index (χ0v) is 16.2. The number of likely N-dealkylation sites (tertiary alicyclic amines) is 1. The summed E-state index contributed by atoms with van der Waals surface area (Å²) >= 11 is 0. The first-order valence-corrected chi connectivity index (χ1v) is 9.90. The van der Waals surface area contributed by atoms with Gasteiger partial charge < -0.3 is 4.90 Å². The molecule has 1 aromatic heterocycles. The average Bonchev–Trinajstić information content (AvgIpc) is 3.09. The summed E-state index contributed by atoms with van der Waals surface area (Å²) in [7, 11) is 2.03. The second-order valence-electron chi connectivity index (χ2n) is 7.01. The molecule has 1 aromatic rings. The molecule has 2 aliphatic rings. The van der Waals surface area contributed by atoms with Crippen molar-refractivity contribution in [3.63, 3.8) is 0 Å². The van der Waals surface area contributed by atoms with Gasteiger partial charge >= 0.3 is 0 Å². The molecule has 24 heavy (non-hydrogen) atoms. The van der Waals surface area contributed by atoms with Crippen molar-refractivity contribution in [2.45, 2.75) is 58.9 Å². The van der Waals surface area contributed by atoms with Gasteiger partial charge in [0.1, 0.15) is 0 Å². The van der Waals surface area contributed by atoms with Crippen LogP contribution in [-0.4, -0.2) is 59.5 Å². The lowest BCUT2D eigenvalue weighted by Gasteiger charge is -2.35. The minimum Gasteiger partial charge on any atom is -0.303 e. The summed E-state index contributed by atoms with van der Waals surface area (Å²) < 4.78 is 2.18. The summed E-state index contributed by atoms with van der Waals surface area (Å²) in [6.07, 6.45) is 10.7. The Labute approximate surface area is 148 Å². The van der Waals surface area contributed by atoms with E-state index in [0.29, 0.717) is 6.04 Å². The van der Waals surface area contributed by atoms with Gasteiger partial charge in [0.2, 0.25) is 0 Å². The van der Waals surface area contributed by atoms with Crippen molar-refractivity contribution in [2.75, 3.05) is 39.8 Å². The van der Waals surface area contributed by atoms with Crippen molar-refractivity contribution in [3.8, 4) is 0 Å². The fraction of sp³-hybridized carbons (Fsp3) is 0.842. The molecule has 0 aromatic carbocycles. The molecule has 0 atom stereocenters. The number of nitrogens with zero attached hydrogens (tertiary/aromatic N) is 4. The monoisotopic (exact) mass is 335 g/mol. The maximum atomic E-state index is 4.49. The van der Waals surface area contributed by atoms with E-state index in [-0.39, 0.29) is 0 Å². The molecule has 2 aliphatic heterocycles. The molecule has 2 fully saturated rings. The lowest BCUT2D eigenvalue weighted by atomic mass is 9.93. The molecule has 3 rings (SSSR count). The predicted octanol–water partition coefficient (Wildman–Crippen LogP) is 3.09. The summed E-state index contributed by atoms with van der Waals surface area (Å²) in [5, 5.41) is 6.83. The fourth-order valence-corrected chi connectivity index (χ4v) is 3.85. The standard InChI is InChI=1S/C17H31N5.C2H6/c1-15-13-19-22(14-15)17-6-9-20(10-7-17)8-3-16-4-11-21(18-2)12-5-16;1-2/h13-14,16-18H,3-12H2,1-2H3;1-2H3. The van der Waals surface area contributed by atoms with Gasteiger partial charge in [-0.15, -0.1) is 0 Å². The Hall–Kier alpha value is -0.910. The van der Waals surface area contributed by atoms with Gasteiger partial charge in [-0.2, -0.15) is 5.10 Å². The average molecular weight is 336 g/mol. The minimum atomic E-state index is 0.615. The number of nitrogens with one attached hydrogen (secondary N) is 1. The molecule has 138 valence electrons. The van der Waals surface area contributed by atoms with Gasteiger partial charge in [0.05, 0.1) is 12.2 Å². The number of piperidine rings is 2. The highest BCUT2D eigenvalue weighted by molar-refractivity contribution is 5.00. The first kappa shape index (κ1) is 19.4. The molecule has 3 heterocycles. The topological polar surface area (TPSA) is 36.3 Å². The van der Waals surface area contributed by atoms with E-state index < -0.39 is 0 Å². The van der Waals surface area contributed by atoms with Gasteiger partial charge in [-0.1, -0.05) is 13.8 Å². The lowest BCUT2D eigenvalue weighted by Crippen LogP contribution is -2.42. The van der Waals surface area contributed by atoms with E-state index in [1.54, 1.807) is 0 Å². The van der Waals surface area contributed by atoms with E-state index in [4.69, 9.17) is 0 Å². The number of hydrogen-bond donors (Lipinski definition) is 1. The van der Waals surface area contributed by atoms with Crippen molar-refractivity contribution in [1.82, 2.24) is 25.1 Å². The maximum Gasteiger partial charge on any atom is 0.0543 e. The summed E-state index contributed by atoms with van der Waals surface area (Å²) in [5.74, 6) is 0.927. The molecule has 0 amide bonds. The van der Waals surface area contributed by atoms with Crippen LogP contribution in [0.1, 0.15) is 57.6 Å². The molecule has 0 saturated carbocycles. The van der Waals surface area contributed by atoms with Crippen LogP contribution in [0.25, 0.3) is 0 Å². The van der Waals surface area contributed by atoms with E-state index in [9.17, 15) is 0 Å². The number of aryl methyl sites for hydroxylation is 1. The lowest BCUT2D eigenvalue weighted by molar-refractivity contribution is 0.118. The Balaban J connectivity index is 0.00000100. The van der Waals surface area contributed by atoms with Crippen LogP contribution in [0, 0.1) is 12.8 Å². The van der Waals surface area contributed by atoms with Crippen molar-refractivity contribution >= 4 is 0 Å².